The summed E-state index contributed by atoms with van der Waals surface area (Å²) >= 11 is 0. The van der Waals surface area contributed by atoms with Gasteiger partial charge in [0.2, 0.25) is 0 Å². The summed E-state index contributed by atoms with van der Waals surface area (Å²) in [4.78, 5) is 0. The Hall–Kier alpha value is -0.460. The molecule has 0 spiro atoms. The van der Waals surface area contributed by atoms with E-state index in [-0.39, 0.29) is 0 Å². The molecule has 0 amide bonds. The lowest BCUT2D eigenvalue weighted by Gasteiger charge is -1.95. The minimum atomic E-state index is 1.03. The van der Waals surface area contributed by atoms with Crippen molar-refractivity contribution in [1.82, 2.24) is 0 Å². The molecule has 0 unspecified atom stereocenters. The molecular formula is C6H9O. The molecule has 7 heavy (non-hydrogen) atoms. The Balaban J connectivity index is 2.42. The number of hydrogen-bond donors (Lipinski definition) is 0. The highest BCUT2D eigenvalue weighted by atomic mass is 16.5. The second-order valence-corrected chi connectivity index (χ2v) is 1.96. The lowest BCUT2D eigenvalue weighted by atomic mass is 10.2. The lowest BCUT2D eigenvalue weighted by molar-refractivity contribution is 0.288. The smallest absolute Gasteiger partial charge is 0.148 e. The minimum absolute atomic E-state index is 1.03. The Labute approximate surface area is 44.0 Å². The van der Waals surface area contributed by atoms with Crippen molar-refractivity contribution in [3.8, 4) is 0 Å². The van der Waals surface area contributed by atoms with E-state index in [4.69, 9.17) is 4.74 Å². The predicted molar refractivity (Wildman–Crippen MR) is 28.4 cm³/mol. The molecule has 1 aliphatic heterocycles. The van der Waals surface area contributed by atoms with Gasteiger partial charge in [0.05, 0.1) is 6.26 Å². The van der Waals surface area contributed by atoms with Gasteiger partial charge >= 0.3 is 0 Å². The van der Waals surface area contributed by atoms with E-state index in [2.05, 4.69) is 6.92 Å². The molecule has 0 saturated carbocycles. The summed E-state index contributed by atoms with van der Waals surface area (Å²) in [5.41, 5.74) is 1.32. The van der Waals surface area contributed by atoms with Gasteiger partial charge in [0.1, 0.15) is 6.10 Å². The SMILES string of the molecule is C[C]1CC(C)=CO1. The number of ether oxygens (including phenoxy) is 1. The van der Waals surface area contributed by atoms with E-state index in [1.54, 1.807) is 6.26 Å². The Kier molecular flexibility index (Phi) is 1.05. The number of rotatable bonds is 0. The molecule has 1 heterocycles. The van der Waals surface area contributed by atoms with Crippen LogP contribution in [0.5, 0.6) is 0 Å². The molecule has 1 nitrogen and oxygen atoms in total. The molecule has 0 N–H and O–H groups in total. The van der Waals surface area contributed by atoms with Crippen LogP contribution >= 0.6 is 0 Å². The first-order valence-corrected chi connectivity index (χ1v) is 2.44. The first-order chi connectivity index (χ1) is 3.29. The van der Waals surface area contributed by atoms with Crippen LogP contribution in [0.3, 0.4) is 0 Å². The Morgan fingerprint density at radius 3 is 2.43 bits per heavy atom. The lowest BCUT2D eigenvalue weighted by Crippen LogP contribution is -1.82. The van der Waals surface area contributed by atoms with E-state index in [1.165, 1.54) is 5.57 Å². The van der Waals surface area contributed by atoms with Crippen molar-refractivity contribution in [3.05, 3.63) is 17.9 Å². The average molecular weight is 97.1 g/mol. The summed E-state index contributed by atoms with van der Waals surface area (Å²) in [6.07, 6.45) is 3.94. The highest BCUT2D eigenvalue weighted by molar-refractivity contribution is 5.06. The van der Waals surface area contributed by atoms with Gasteiger partial charge < -0.3 is 4.74 Å². The third-order valence-corrected chi connectivity index (χ3v) is 0.989. The molecule has 1 radical (unpaired) electrons. The summed E-state index contributed by atoms with van der Waals surface area (Å²) in [6.45, 7) is 4.06. The van der Waals surface area contributed by atoms with Gasteiger partial charge in [-0.2, -0.15) is 0 Å². The van der Waals surface area contributed by atoms with E-state index in [9.17, 15) is 0 Å². The van der Waals surface area contributed by atoms with Crippen molar-refractivity contribution in [3.63, 3.8) is 0 Å². The van der Waals surface area contributed by atoms with E-state index in [1.807, 2.05) is 6.92 Å². The Bertz CT molecular complexity index is 94.4. The quantitative estimate of drug-likeness (QED) is 0.448. The topological polar surface area (TPSA) is 9.23 Å². The van der Waals surface area contributed by atoms with Crippen LogP contribution in [0, 0.1) is 6.10 Å². The molecule has 0 aromatic heterocycles. The zero-order valence-electron chi connectivity index (χ0n) is 4.69. The van der Waals surface area contributed by atoms with Crippen LogP contribution in [0.4, 0.5) is 0 Å². The normalized spacial score (nSPS) is 21.7. The van der Waals surface area contributed by atoms with Crippen LogP contribution in [0.1, 0.15) is 20.3 Å². The molecule has 0 aromatic rings. The fourth-order valence-electron chi connectivity index (χ4n) is 0.677. The molecule has 39 valence electrons. The van der Waals surface area contributed by atoms with Crippen LogP contribution in [0.15, 0.2) is 11.8 Å². The first-order valence-electron chi connectivity index (χ1n) is 2.44. The van der Waals surface area contributed by atoms with E-state index in [0.29, 0.717) is 0 Å². The highest BCUT2D eigenvalue weighted by Crippen LogP contribution is 2.21. The molecular weight excluding hydrogens is 88.1 g/mol. The molecule has 0 saturated heterocycles. The Morgan fingerprint density at radius 2 is 2.29 bits per heavy atom. The van der Waals surface area contributed by atoms with E-state index < -0.39 is 0 Å². The van der Waals surface area contributed by atoms with Crippen LogP contribution in [0.25, 0.3) is 0 Å². The summed E-state index contributed by atoms with van der Waals surface area (Å²) in [5.74, 6) is 0. The summed E-state index contributed by atoms with van der Waals surface area (Å²) in [6, 6.07) is 0. The molecule has 0 aliphatic carbocycles. The molecule has 1 aliphatic rings. The van der Waals surface area contributed by atoms with Gasteiger partial charge in [0.15, 0.2) is 0 Å². The molecule has 0 fully saturated rings. The molecule has 0 bridgehead atoms. The monoisotopic (exact) mass is 97.1 g/mol. The van der Waals surface area contributed by atoms with Crippen LogP contribution < -0.4 is 0 Å². The van der Waals surface area contributed by atoms with Crippen LogP contribution in [-0.2, 0) is 4.74 Å². The van der Waals surface area contributed by atoms with Crippen molar-refractivity contribution in [2.24, 2.45) is 0 Å². The maximum Gasteiger partial charge on any atom is 0.148 e. The molecule has 0 atom stereocenters. The minimum Gasteiger partial charge on any atom is -0.491 e. The summed E-state index contributed by atoms with van der Waals surface area (Å²) in [7, 11) is 0. The maximum atomic E-state index is 5.02. The average Bonchev–Trinajstić information content (AvgIpc) is 1.87. The zero-order chi connectivity index (χ0) is 5.28. The van der Waals surface area contributed by atoms with E-state index >= 15 is 0 Å². The Morgan fingerprint density at radius 1 is 1.57 bits per heavy atom. The summed E-state index contributed by atoms with van der Waals surface area (Å²) < 4.78 is 5.02. The fraction of sp³-hybridized carbons (Fsp3) is 0.500. The van der Waals surface area contributed by atoms with Crippen LogP contribution in [-0.4, -0.2) is 0 Å². The van der Waals surface area contributed by atoms with Gasteiger partial charge in [0.25, 0.3) is 0 Å². The van der Waals surface area contributed by atoms with Crippen molar-refractivity contribution in [2.45, 2.75) is 20.3 Å². The van der Waals surface area contributed by atoms with Crippen molar-refractivity contribution < 1.29 is 4.74 Å². The van der Waals surface area contributed by atoms with Crippen molar-refractivity contribution >= 4 is 0 Å². The second-order valence-electron chi connectivity index (χ2n) is 1.96. The predicted octanol–water partition coefficient (Wildman–Crippen LogP) is 1.86. The summed E-state index contributed by atoms with van der Waals surface area (Å²) in [5, 5.41) is 0. The molecule has 1 heteroatoms. The fourth-order valence-corrected chi connectivity index (χ4v) is 0.677. The van der Waals surface area contributed by atoms with Crippen molar-refractivity contribution in [1.29, 1.82) is 0 Å². The zero-order valence-corrected chi connectivity index (χ0v) is 4.69. The second kappa shape index (κ2) is 1.57. The third kappa shape index (κ3) is 0.952. The van der Waals surface area contributed by atoms with Gasteiger partial charge in [-0.05, 0) is 19.4 Å². The van der Waals surface area contributed by atoms with Gasteiger partial charge in [-0.1, -0.05) is 0 Å². The van der Waals surface area contributed by atoms with E-state index in [0.717, 1.165) is 12.5 Å². The van der Waals surface area contributed by atoms with Crippen molar-refractivity contribution in [2.75, 3.05) is 0 Å². The third-order valence-electron chi connectivity index (χ3n) is 0.989. The van der Waals surface area contributed by atoms with Gasteiger partial charge in [0, 0.05) is 6.42 Å². The standard InChI is InChI=1S/C6H9O/c1-5-3-6(2)7-4-5/h4H,3H2,1-2H3. The first kappa shape index (κ1) is 4.69. The maximum absolute atomic E-state index is 5.02. The molecule has 1 rings (SSSR count). The van der Waals surface area contributed by atoms with Crippen LogP contribution in [0.2, 0.25) is 0 Å². The highest BCUT2D eigenvalue weighted by Gasteiger charge is 2.09. The van der Waals surface area contributed by atoms with Gasteiger partial charge in [-0.3, -0.25) is 0 Å². The number of hydrogen-bond acceptors (Lipinski definition) is 1. The van der Waals surface area contributed by atoms with Gasteiger partial charge in [-0.15, -0.1) is 0 Å². The molecule has 0 aromatic carbocycles. The largest absolute Gasteiger partial charge is 0.491 e. The van der Waals surface area contributed by atoms with Gasteiger partial charge in [-0.25, -0.2) is 0 Å².